The quantitative estimate of drug-likeness (QED) is 0.886. The van der Waals surface area contributed by atoms with E-state index in [1.807, 2.05) is 13.0 Å². The van der Waals surface area contributed by atoms with Gasteiger partial charge in [-0.2, -0.15) is 9.61 Å². The number of hydrogen-bond donors (Lipinski definition) is 1. The van der Waals surface area contributed by atoms with Crippen molar-refractivity contribution in [3.8, 4) is 0 Å². The molecule has 116 valence electrons. The predicted octanol–water partition coefficient (Wildman–Crippen LogP) is 0.720. The first-order chi connectivity index (χ1) is 10.7. The van der Waals surface area contributed by atoms with E-state index in [9.17, 15) is 9.59 Å². The van der Waals surface area contributed by atoms with Crippen LogP contribution in [0.2, 0.25) is 0 Å². The molecule has 4 rings (SSSR count). The summed E-state index contributed by atoms with van der Waals surface area (Å²) in [6, 6.07) is 1.88. The van der Waals surface area contributed by atoms with E-state index >= 15 is 0 Å². The molecule has 0 aliphatic carbocycles. The molecule has 4 heterocycles. The van der Waals surface area contributed by atoms with Gasteiger partial charge in [0, 0.05) is 12.7 Å². The van der Waals surface area contributed by atoms with Crippen LogP contribution in [0.15, 0.2) is 10.9 Å². The fourth-order valence-corrected chi connectivity index (χ4v) is 3.26. The SMILES string of the molecule is CCc1cc2[nH]c3c(c(=O)n2n1)CN(C1CCCOC1)C3=O. The number of amides is 1. The molecule has 2 aliphatic heterocycles. The fourth-order valence-electron chi connectivity index (χ4n) is 3.26. The molecule has 1 N–H and O–H groups in total. The normalized spacial score (nSPS) is 21.6. The van der Waals surface area contributed by atoms with Gasteiger partial charge in [0.25, 0.3) is 11.5 Å². The summed E-state index contributed by atoms with van der Waals surface area (Å²) in [5.41, 5.74) is 2.13. The van der Waals surface area contributed by atoms with E-state index in [2.05, 4.69) is 10.1 Å². The summed E-state index contributed by atoms with van der Waals surface area (Å²) < 4.78 is 6.83. The molecular formula is C15H18N4O3. The number of aromatic nitrogens is 3. The third-order valence-corrected chi connectivity index (χ3v) is 4.51. The first-order valence-corrected chi connectivity index (χ1v) is 7.71. The van der Waals surface area contributed by atoms with E-state index in [0.29, 0.717) is 30.1 Å². The predicted molar refractivity (Wildman–Crippen MR) is 78.9 cm³/mol. The molecule has 2 aromatic heterocycles. The monoisotopic (exact) mass is 302 g/mol. The molecule has 0 spiro atoms. The van der Waals surface area contributed by atoms with Gasteiger partial charge >= 0.3 is 0 Å². The van der Waals surface area contributed by atoms with E-state index in [1.54, 1.807) is 4.90 Å². The van der Waals surface area contributed by atoms with Crippen molar-refractivity contribution in [1.82, 2.24) is 19.5 Å². The molecule has 22 heavy (non-hydrogen) atoms. The average Bonchev–Trinajstić information content (AvgIpc) is 3.11. The maximum absolute atomic E-state index is 12.6. The van der Waals surface area contributed by atoms with E-state index in [4.69, 9.17) is 4.74 Å². The molecule has 0 aromatic carbocycles. The minimum absolute atomic E-state index is 0.0555. The molecule has 1 unspecified atom stereocenters. The van der Waals surface area contributed by atoms with Gasteiger partial charge in [0.05, 0.1) is 30.5 Å². The second-order valence-electron chi connectivity index (χ2n) is 5.87. The van der Waals surface area contributed by atoms with Crippen LogP contribution in [0, 0.1) is 0 Å². The van der Waals surface area contributed by atoms with Crippen LogP contribution in [0.5, 0.6) is 0 Å². The number of aryl methyl sites for hydroxylation is 1. The van der Waals surface area contributed by atoms with Gasteiger partial charge in [-0.25, -0.2) is 0 Å². The average molecular weight is 302 g/mol. The standard InChI is InChI=1S/C15H18N4O3/c1-2-9-6-12-16-13-11(14(20)19(12)17-9)7-18(15(13)21)10-4-3-5-22-8-10/h6,10,16H,2-5,7-8H2,1H3. The van der Waals surface area contributed by atoms with Gasteiger partial charge < -0.3 is 14.6 Å². The van der Waals surface area contributed by atoms with Crippen molar-refractivity contribution < 1.29 is 9.53 Å². The lowest BCUT2D eigenvalue weighted by Gasteiger charge is -2.30. The van der Waals surface area contributed by atoms with Crippen molar-refractivity contribution in [2.75, 3.05) is 13.2 Å². The molecule has 2 aliphatic rings. The summed E-state index contributed by atoms with van der Waals surface area (Å²) in [4.78, 5) is 30.1. The zero-order valence-electron chi connectivity index (χ0n) is 12.5. The number of aromatic amines is 1. The minimum Gasteiger partial charge on any atom is -0.379 e. The molecule has 1 fully saturated rings. The number of carbonyl (C=O) groups is 1. The summed E-state index contributed by atoms with van der Waals surface area (Å²) in [6.07, 6.45) is 2.62. The highest BCUT2D eigenvalue weighted by Gasteiger charge is 2.36. The number of nitrogens with one attached hydrogen (secondary N) is 1. The van der Waals surface area contributed by atoms with Crippen LogP contribution in [0.3, 0.4) is 0 Å². The Balaban J connectivity index is 1.77. The van der Waals surface area contributed by atoms with Crippen LogP contribution >= 0.6 is 0 Å². The summed E-state index contributed by atoms with van der Waals surface area (Å²) in [5.74, 6) is -0.107. The maximum atomic E-state index is 12.6. The lowest BCUT2D eigenvalue weighted by Crippen LogP contribution is -2.41. The molecule has 0 radical (unpaired) electrons. The van der Waals surface area contributed by atoms with E-state index in [0.717, 1.165) is 31.6 Å². The highest BCUT2D eigenvalue weighted by molar-refractivity contribution is 5.97. The van der Waals surface area contributed by atoms with Crippen LogP contribution in [0.25, 0.3) is 5.65 Å². The summed E-state index contributed by atoms with van der Waals surface area (Å²) in [5, 5.41) is 4.29. The second-order valence-corrected chi connectivity index (χ2v) is 5.87. The van der Waals surface area contributed by atoms with Crippen LogP contribution < -0.4 is 5.56 Å². The topological polar surface area (TPSA) is 79.7 Å². The van der Waals surface area contributed by atoms with E-state index < -0.39 is 0 Å². The third-order valence-electron chi connectivity index (χ3n) is 4.51. The smallest absolute Gasteiger partial charge is 0.280 e. The third kappa shape index (κ3) is 1.89. The lowest BCUT2D eigenvalue weighted by atomic mass is 10.1. The molecule has 7 nitrogen and oxygen atoms in total. The Morgan fingerprint density at radius 2 is 2.32 bits per heavy atom. The Kier molecular flexibility index (Phi) is 3.04. The Morgan fingerprint density at radius 1 is 1.45 bits per heavy atom. The summed E-state index contributed by atoms with van der Waals surface area (Å²) in [7, 11) is 0. The van der Waals surface area contributed by atoms with E-state index in [1.165, 1.54) is 4.52 Å². The Hall–Kier alpha value is -2.15. The molecule has 1 saturated heterocycles. The van der Waals surface area contributed by atoms with Gasteiger partial charge in [0.1, 0.15) is 11.3 Å². The van der Waals surface area contributed by atoms with Gasteiger partial charge in [-0.15, -0.1) is 0 Å². The molecular weight excluding hydrogens is 284 g/mol. The van der Waals surface area contributed by atoms with Gasteiger partial charge in [-0.1, -0.05) is 6.92 Å². The van der Waals surface area contributed by atoms with Crippen molar-refractivity contribution in [2.45, 2.75) is 38.8 Å². The molecule has 7 heteroatoms. The van der Waals surface area contributed by atoms with Crippen LogP contribution in [-0.4, -0.2) is 44.7 Å². The fraction of sp³-hybridized carbons (Fsp3) is 0.533. The zero-order chi connectivity index (χ0) is 15.3. The molecule has 0 bridgehead atoms. The van der Waals surface area contributed by atoms with Gasteiger partial charge in [-0.05, 0) is 19.3 Å². The summed E-state index contributed by atoms with van der Waals surface area (Å²) in [6.45, 7) is 3.62. The van der Waals surface area contributed by atoms with Crippen LogP contribution in [0.1, 0.15) is 41.5 Å². The maximum Gasteiger partial charge on any atom is 0.280 e. The number of hydrogen-bond acceptors (Lipinski definition) is 4. The number of rotatable bonds is 2. The van der Waals surface area contributed by atoms with Crippen molar-refractivity contribution in [3.63, 3.8) is 0 Å². The first-order valence-electron chi connectivity index (χ1n) is 7.71. The largest absolute Gasteiger partial charge is 0.379 e. The highest BCUT2D eigenvalue weighted by Crippen LogP contribution is 2.25. The number of H-pyrrole nitrogens is 1. The van der Waals surface area contributed by atoms with Crippen molar-refractivity contribution >= 4 is 11.6 Å². The van der Waals surface area contributed by atoms with Crippen molar-refractivity contribution in [3.05, 3.63) is 33.4 Å². The minimum atomic E-state index is -0.198. The molecule has 0 saturated carbocycles. The van der Waals surface area contributed by atoms with Gasteiger partial charge in [-0.3, -0.25) is 9.59 Å². The number of carbonyl (C=O) groups excluding carboxylic acids is 1. The number of nitrogens with zero attached hydrogens (tertiary/aromatic N) is 3. The van der Waals surface area contributed by atoms with Crippen molar-refractivity contribution in [1.29, 1.82) is 0 Å². The molecule has 1 amide bonds. The Bertz CT molecular complexity index is 801. The number of ether oxygens (including phenoxy) is 1. The highest BCUT2D eigenvalue weighted by atomic mass is 16.5. The van der Waals surface area contributed by atoms with E-state index in [-0.39, 0.29) is 17.5 Å². The van der Waals surface area contributed by atoms with Crippen LogP contribution in [-0.2, 0) is 17.7 Å². The van der Waals surface area contributed by atoms with Gasteiger partial charge in [0.15, 0.2) is 0 Å². The van der Waals surface area contributed by atoms with Gasteiger partial charge in [0.2, 0.25) is 0 Å². The first kappa shape index (κ1) is 13.5. The second kappa shape index (κ2) is 4.95. The molecule has 2 aromatic rings. The zero-order valence-corrected chi connectivity index (χ0v) is 12.5. The van der Waals surface area contributed by atoms with Crippen molar-refractivity contribution in [2.24, 2.45) is 0 Å². The lowest BCUT2D eigenvalue weighted by molar-refractivity contribution is 0.0177. The Morgan fingerprint density at radius 3 is 3.05 bits per heavy atom. The molecule has 1 atom stereocenters. The Labute approximate surface area is 126 Å². The van der Waals surface area contributed by atoms with Crippen LogP contribution in [0.4, 0.5) is 0 Å². The summed E-state index contributed by atoms with van der Waals surface area (Å²) >= 11 is 0. The number of fused-ring (bicyclic) bond motifs is 2.